The van der Waals surface area contributed by atoms with Gasteiger partial charge in [0, 0.05) is 19.7 Å². The number of anilines is 1. The van der Waals surface area contributed by atoms with E-state index in [1.807, 2.05) is 24.9 Å². The molecule has 2 aromatic carbocycles. The highest BCUT2D eigenvalue weighted by Crippen LogP contribution is 2.36. The number of benzene rings is 2. The maximum absolute atomic E-state index is 13.3. The van der Waals surface area contributed by atoms with E-state index in [4.69, 9.17) is 0 Å². The summed E-state index contributed by atoms with van der Waals surface area (Å²) in [5.74, 6) is 0.711. The molecule has 1 atom stereocenters. The van der Waals surface area contributed by atoms with E-state index in [-0.39, 0.29) is 12.1 Å². The van der Waals surface area contributed by atoms with Crippen LogP contribution in [0.5, 0.6) is 0 Å². The van der Waals surface area contributed by atoms with Crippen LogP contribution in [0, 0.1) is 13.8 Å². The highest BCUT2D eigenvalue weighted by molar-refractivity contribution is 5.89. The summed E-state index contributed by atoms with van der Waals surface area (Å²) in [4.78, 5) is 15.3. The van der Waals surface area contributed by atoms with Gasteiger partial charge in [-0.25, -0.2) is 4.79 Å². The van der Waals surface area contributed by atoms with Crippen LogP contribution in [0.15, 0.2) is 54.6 Å². The van der Waals surface area contributed by atoms with Crippen molar-refractivity contribution in [1.29, 1.82) is 0 Å². The predicted octanol–water partition coefficient (Wildman–Crippen LogP) is 4.76. The molecule has 3 aromatic rings. The third-order valence-electron chi connectivity index (χ3n) is 5.45. The van der Waals surface area contributed by atoms with Gasteiger partial charge in [0.15, 0.2) is 0 Å². The summed E-state index contributed by atoms with van der Waals surface area (Å²) in [5.41, 5.74) is 5.83. The van der Waals surface area contributed by atoms with Gasteiger partial charge in [0.2, 0.25) is 0 Å². The van der Waals surface area contributed by atoms with Crippen molar-refractivity contribution in [1.82, 2.24) is 14.7 Å². The van der Waals surface area contributed by atoms with E-state index in [2.05, 4.69) is 65.9 Å². The summed E-state index contributed by atoms with van der Waals surface area (Å²) in [6.07, 6.45) is 1.95. The first kappa shape index (κ1) is 18.3. The third-order valence-corrected chi connectivity index (χ3v) is 5.45. The molecule has 4 rings (SSSR count). The van der Waals surface area contributed by atoms with Crippen molar-refractivity contribution in [3.05, 3.63) is 82.5 Å². The highest BCUT2D eigenvalue weighted by atomic mass is 16.2. The molecule has 5 nitrogen and oxygen atoms in total. The SMILES string of the molecule is Cc1ccc(CN(C(=O)Nc2cc(C)nn2C)C2CCc3ccccc32)cc1. The fourth-order valence-electron chi connectivity index (χ4n) is 3.98. The van der Waals surface area contributed by atoms with Crippen LogP contribution >= 0.6 is 0 Å². The van der Waals surface area contributed by atoms with Crippen molar-refractivity contribution < 1.29 is 4.79 Å². The lowest BCUT2D eigenvalue weighted by atomic mass is 10.1. The largest absolute Gasteiger partial charge is 0.323 e. The van der Waals surface area contributed by atoms with Crippen molar-refractivity contribution in [2.45, 2.75) is 39.3 Å². The second-order valence-electron chi connectivity index (χ2n) is 7.59. The number of rotatable bonds is 4. The molecule has 0 aliphatic heterocycles. The number of aromatic nitrogens is 2. The Balaban J connectivity index is 1.64. The van der Waals surface area contributed by atoms with Crippen LogP contribution in [0.1, 0.15) is 40.4 Å². The molecule has 0 fully saturated rings. The minimum atomic E-state index is -0.0923. The first-order valence-electron chi connectivity index (χ1n) is 9.73. The third kappa shape index (κ3) is 3.65. The number of carbonyl (C=O) groups is 1. The maximum Gasteiger partial charge on any atom is 0.323 e. The molecule has 0 spiro atoms. The summed E-state index contributed by atoms with van der Waals surface area (Å²) in [6, 6.07) is 18.7. The lowest BCUT2D eigenvalue weighted by Gasteiger charge is -2.30. The van der Waals surface area contributed by atoms with Gasteiger partial charge >= 0.3 is 6.03 Å². The Morgan fingerprint density at radius 2 is 1.93 bits per heavy atom. The van der Waals surface area contributed by atoms with Crippen LogP contribution in [-0.4, -0.2) is 20.7 Å². The van der Waals surface area contributed by atoms with Crippen LogP contribution in [0.25, 0.3) is 0 Å². The average Bonchev–Trinajstić information content (AvgIpc) is 3.24. The van der Waals surface area contributed by atoms with Gasteiger partial charge < -0.3 is 4.90 Å². The molecule has 0 saturated heterocycles. The number of fused-ring (bicyclic) bond motifs is 1. The summed E-state index contributed by atoms with van der Waals surface area (Å²) in [7, 11) is 1.85. The molecule has 1 heterocycles. The number of nitrogens with zero attached hydrogens (tertiary/aromatic N) is 3. The molecular formula is C23H26N4O. The molecule has 1 aliphatic carbocycles. The van der Waals surface area contributed by atoms with Crippen molar-refractivity contribution in [3.63, 3.8) is 0 Å². The number of amides is 2. The quantitative estimate of drug-likeness (QED) is 0.716. The highest BCUT2D eigenvalue weighted by Gasteiger charge is 2.31. The molecule has 2 amide bonds. The Hall–Kier alpha value is -3.08. The van der Waals surface area contributed by atoms with Gasteiger partial charge in [0.25, 0.3) is 0 Å². The number of aryl methyl sites for hydroxylation is 4. The minimum absolute atomic E-state index is 0.0758. The zero-order chi connectivity index (χ0) is 19.7. The van der Waals surface area contributed by atoms with Crippen LogP contribution < -0.4 is 5.32 Å². The van der Waals surface area contributed by atoms with Gasteiger partial charge in [-0.15, -0.1) is 0 Å². The molecular weight excluding hydrogens is 348 g/mol. The van der Waals surface area contributed by atoms with E-state index < -0.39 is 0 Å². The molecule has 0 bridgehead atoms. The second-order valence-corrected chi connectivity index (χ2v) is 7.59. The number of hydrogen-bond acceptors (Lipinski definition) is 2. The normalized spacial score (nSPS) is 15.3. The van der Waals surface area contributed by atoms with Crippen LogP contribution in [0.3, 0.4) is 0 Å². The Morgan fingerprint density at radius 1 is 1.18 bits per heavy atom. The molecule has 1 aromatic heterocycles. The van der Waals surface area contributed by atoms with Gasteiger partial charge in [-0.2, -0.15) is 5.10 Å². The van der Waals surface area contributed by atoms with Crippen molar-refractivity contribution in [3.8, 4) is 0 Å². The Kier molecular flexibility index (Phi) is 4.90. The van der Waals surface area contributed by atoms with E-state index >= 15 is 0 Å². The smallest absolute Gasteiger partial charge is 0.313 e. The van der Waals surface area contributed by atoms with Crippen LogP contribution in [0.2, 0.25) is 0 Å². The summed E-state index contributed by atoms with van der Waals surface area (Å²) < 4.78 is 1.71. The first-order valence-corrected chi connectivity index (χ1v) is 9.73. The standard InChI is InChI=1S/C23H26N4O/c1-16-8-10-18(11-9-16)15-27(21-13-12-19-6-4-5-7-20(19)21)23(28)24-22-14-17(2)25-26(22)3/h4-11,14,21H,12-13,15H2,1-3H3,(H,24,28). The molecule has 0 radical (unpaired) electrons. The number of nitrogens with one attached hydrogen (secondary N) is 1. The molecule has 1 N–H and O–H groups in total. The molecule has 1 unspecified atom stereocenters. The van der Waals surface area contributed by atoms with Gasteiger partial charge in [0.1, 0.15) is 5.82 Å². The van der Waals surface area contributed by atoms with Gasteiger partial charge in [0.05, 0.1) is 11.7 Å². The van der Waals surface area contributed by atoms with Gasteiger partial charge in [-0.1, -0.05) is 54.1 Å². The average molecular weight is 374 g/mol. The number of hydrogen-bond donors (Lipinski definition) is 1. The van der Waals surface area contributed by atoms with E-state index in [0.717, 1.165) is 24.1 Å². The van der Waals surface area contributed by atoms with E-state index in [9.17, 15) is 4.79 Å². The molecule has 1 aliphatic rings. The monoisotopic (exact) mass is 374 g/mol. The Bertz CT molecular complexity index is 990. The molecule has 5 heteroatoms. The maximum atomic E-state index is 13.3. The second kappa shape index (κ2) is 7.50. The topological polar surface area (TPSA) is 50.2 Å². The summed E-state index contributed by atoms with van der Waals surface area (Å²) in [5, 5.41) is 7.39. The zero-order valence-electron chi connectivity index (χ0n) is 16.6. The fourth-order valence-corrected chi connectivity index (χ4v) is 3.98. The summed E-state index contributed by atoms with van der Waals surface area (Å²) >= 11 is 0. The molecule has 28 heavy (non-hydrogen) atoms. The van der Waals surface area contributed by atoms with Crippen LogP contribution in [0.4, 0.5) is 10.6 Å². The van der Waals surface area contributed by atoms with Crippen molar-refractivity contribution >= 4 is 11.8 Å². The number of urea groups is 1. The van der Waals surface area contributed by atoms with E-state index in [1.54, 1.807) is 4.68 Å². The number of carbonyl (C=O) groups excluding carboxylic acids is 1. The lowest BCUT2D eigenvalue weighted by Crippen LogP contribution is -2.37. The van der Waals surface area contributed by atoms with Crippen LogP contribution in [-0.2, 0) is 20.0 Å². The van der Waals surface area contributed by atoms with Crippen molar-refractivity contribution in [2.75, 3.05) is 5.32 Å². The van der Waals surface area contributed by atoms with Crippen molar-refractivity contribution in [2.24, 2.45) is 7.05 Å². The molecule has 0 saturated carbocycles. The minimum Gasteiger partial charge on any atom is -0.313 e. The van der Waals surface area contributed by atoms with Gasteiger partial charge in [-0.05, 0) is 43.4 Å². The zero-order valence-corrected chi connectivity index (χ0v) is 16.6. The molecule has 144 valence electrons. The van der Waals surface area contributed by atoms with E-state index in [1.165, 1.54) is 16.7 Å². The summed E-state index contributed by atoms with van der Waals surface area (Å²) in [6.45, 7) is 4.57. The predicted molar refractivity (Wildman–Crippen MR) is 111 cm³/mol. The fraction of sp³-hybridized carbons (Fsp3) is 0.304. The van der Waals surface area contributed by atoms with E-state index in [0.29, 0.717) is 12.4 Å². The Labute approximate surface area is 166 Å². The van der Waals surface area contributed by atoms with Gasteiger partial charge in [-0.3, -0.25) is 10.00 Å². The lowest BCUT2D eigenvalue weighted by molar-refractivity contribution is 0.183. The Morgan fingerprint density at radius 3 is 2.64 bits per heavy atom. The first-order chi connectivity index (χ1) is 13.5.